The zero-order chi connectivity index (χ0) is 9.40. The summed E-state index contributed by atoms with van der Waals surface area (Å²) in [7, 11) is 1.65. The lowest BCUT2D eigenvalue weighted by molar-refractivity contribution is -0.0428. The van der Waals surface area contributed by atoms with Crippen molar-refractivity contribution in [1.82, 2.24) is 0 Å². The molecule has 2 unspecified atom stereocenters. The first-order chi connectivity index (χ1) is 5.72. The molecule has 0 aliphatic rings. The van der Waals surface area contributed by atoms with Crippen molar-refractivity contribution in [3.63, 3.8) is 0 Å². The highest BCUT2D eigenvalue weighted by molar-refractivity contribution is 4.63. The highest BCUT2D eigenvalue weighted by atomic mass is 16.5. The molecular weight excluding hydrogens is 156 g/mol. The number of hydrogen-bond acceptors (Lipinski definition) is 3. The molecule has 0 aliphatic heterocycles. The van der Waals surface area contributed by atoms with Gasteiger partial charge in [-0.1, -0.05) is 6.92 Å². The number of rotatable bonds is 7. The third kappa shape index (κ3) is 5.52. The minimum Gasteiger partial charge on any atom is -0.391 e. The van der Waals surface area contributed by atoms with Crippen LogP contribution >= 0.6 is 0 Å². The van der Waals surface area contributed by atoms with Crippen LogP contribution in [0.25, 0.3) is 0 Å². The Kier molecular flexibility index (Phi) is 7.45. The summed E-state index contributed by atoms with van der Waals surface area (Å²) in [6.07, 6.45) is 1.25. The molecule has 12 heavy (non-hydrogen) atoms. The van der Waals surface area contributed by atoms with Gasteiger partial charge in [0.15, 0.2) is 0 Å². The molecule has 2 atom stereocenters. The van der Waals surface area contributed by atoms with E-state index in [4.69, 9.17) is 9.47 Å². The number of hydrogen-bond donors (Lipinski definition) is 1. The van der Waals surface area contributed by atoms with E-state index in [0.717, 1.165) is 12.8 Å². The fraction of sp³-hybridized carbons (Fsp3) is 1.00. The second-order valence-electron chi connectivity index (χ2n) is 2.93. The van der Waals surface area contributed by atoms with Crippen LogP contribution in [0.2, 0.25) is 0 Å². The van der Waals surface area contributed by atoms with E-state index in [1.54, 1.807) is 14.0 Å². The number of ether oxygens (including phenoxy) is 2. The van der Waals surface area contributed by atoms with Gasteiger partial charge in [-0.05, 0) is 19.8 Å². The van der Waals surface area contributed by atoms with Gasteiger partial charge in [0, 0.05) is 20.3 Å². The van der Waals surface area contributed by atoms with Crippen molar-refractivity contribution in [2.24, 2.45) is 0 Å². The predicted molar refractivity (Wildman–Crippen MR) is 48.2 cm³/mol. The lowest BCUT2D eigenvalue weighted by Gasteiger charge is -2.19. The number of aliphatic hydroxyl groups excluding tert-OH is 1. The van der Waals surface area contributed by atoms with E-state index in [1.807, 2.05) is 0 Å². The summed E-state index contributed by atoms with van der Waals surface area (Å²) < 4.78 is 10.3. The second-order valence-corrected chi connectivity index (χ2v) is 2.93. The summed E-state index contributed by atoms with van der Waals surface area (Å²) in [6.45, 7) is 5.14. The number of methoxy groups -OCH3 is 1. The highest BCUT2D eigenvalue weighted by Crippen LogP contribution is 2.05. The third-order valence-corrected chi connectivity index (χ3v) is 1.68. The van der Waals surface area contributed by atoms with Gasteiger partial charge in [0.05, 0.1) is 12.2 Å². The van der Waals surface area contributed by atoms with Gasteiger partial charge in [0.2, 0.25) is 0 Å². The molecule has 0 rings (SSSR count). The van der Waals surface area contributed by atoms with E-state index >= 15 is 0 Å². The summed E-state index contributed by atoms with van der Waals surface area (Å²) in [4.78, 5) is 0. The molecule has 0 saturated carbocycles. The minimum absolute atomic E-state index is 0.0788. The van der Waals surface area contributed by atoms with E-state index in [-0.39, 0.29) is 6.10 Å². The fourth-order valence-electron chi connectivity index (χ4n) is 0.967. The predicted octanol–water partition coefficient (Wildman–Crippen LogP) is 1.20. The summed E-state index contributed by atoms with van der Waals surface area (Å²) in [5.41, 5.74) is 0. The molecule has 0 aromatic carbocycles. The lowest BCUT2D eigenvalue weighted by atomic mass is 10.2. The highest BCUT2D eigenvalue weighted by Gasteiger charge is 2.14. The first kappa shape index (κ1) is 11.9. The van der Waals surface area contributed by atoms with E-state index in [0.29, 0.717) is 13.2 Å². The van der Waals surface area contributed by atoms with Gasteiger partial charge in [-0.2, -0.15) is 0 Å². The summed E-state index contributed by atoms with van der Waals surface area (Å²) >= 11 is 0. The maximum Gasteiger partial charge on any atom is 0.0853 e. The summed E-state index contributed by atoms with van der Waals surface area (Å²) in [6, 6.07) is 0. The van der Waals surface area contributed by atoms with Gasteiger partial charge in [-0.25, -0.2) is 0 Å². The van der Waals surface area contributed by atoms with Crippen molar-refractivity contribution in [1.29, 1.82) is 0 Å². The molecular formula is C9H20O3. The quantitative estimate of drug-likeness (QED) is 0.633. The van der Waals surface area contributed by atoms with Crippen molar-refractivity contribution in [3.8, 4) is 0 Å². The topological polar surface area (TPSA) is 38.7 Å². The maximum absolute atomic E-state index is 9.28. The SMILES string of the molecule is CCCOC(CCOC)C(C)O. The van der Waals surface area contributed by atoms with Crippen LogP contribution in [0.5, 0.6) is 0 Å². The molecule has 1 N–H and O–H groups in total. The largest absolute Gasteiger partial charge is 0.391 e. The van der Waals surface area contributed by atoms with Crippen molar-refractivity contribution in [2.75, 3.05) is 20.3 Å². The standard InChI is InChI=1S/C9H20O3/c1-4-6-12-9(8(2)10)5-7-11-3/h8-10H,4-7H2,1-3H3. The maximum atomic E-state index is 9.28. The Hall–Kier alpha value is -0.120. The Morgan fingerprint density at radius 1 is 1.33 bits per heavy atom. The van der Waals surface area contributed by atoms with Crippen molar-refractivity contribution < 1.29 is 14.6 Å². The van der Waals surface area contributed by atoms with Crippen LogP contribution in [-0.2, 0) is 9.47 Å². The average molecular weight is 176 g/mol. The Labute approximate surface area is 74.7 Å². The van der Waals surface area contributed by atoms with Gasteiger partial charge in [0.1, 0.15) is 0 Å². The average Bonchev–Trinajstić information content (AvgIpc) is 2.04. The zero-order valence-corrected chi connectivity index (χ0v) is 8.25. The normalized spacial score (nSPS) is 16.0. The molecule has 74 valence electrons. The van der Waals surface area contributed by atoms with Crippen LogP contribution in [0, 0.1) is 0 Å². The Morgan fingerprint density at radius 3 is 2.42 bits per heavy atom. The first-order valence-corrected chi connectivity index (χ1v) is 4.51. The molecule has 0 fully saturated rings. The zero-order valence-electron chi connectivity index (χ0n) is 8.25. The summed E-state index contributed by atoms with van der Waals surface area (Å²) in [5, 5.41) is 9.28. The van der Waals surface area contributed by atoms with E-state index in [1.165, 1.54) is 0 Å². The van der Waals surface area contributed by atoms with Crippen LogP contribution in [0.1, 0.15) is 26.7 Å². The molecule has 0 aromatic heterocycles. The monoisotopic (exact) mass is 176 g/mol. The third-order valence-electron chi connectivity index (χ3n) is 1.68. The molecule has 0 aromatic rings. The first-order valence-electron chi connectivity index (χ1n) is 4.51. The van der Waals surface area contributed by atoms with Crippen molar-refractivity contribution >= 4 is 0 Å². The Balaban J connectivity index is 3.55. The molecule has 0 bridgehead atoms. The van der Waals surface area contributed by atoms with Crippen LogP contribution in [-0.4, -0.2) is 37.6 Å². The van der Waals surface area contributed by atoms with E-state index in [2.05, 4.69) is 6.92 Å². The van der Waals surface area contributed by atoms with Gasteiger partial charge in [-0.15, -0.1) is 0 Å². The minimum atomic E-state index is -0.410. The van der Waals surface area contributed by atoms with E-state index in [9.17, 15) is 5.11 Å². The molecule has 0 amide bonds. The van der Waals surface area contributed by atoms with Crippen LogP contribution in [0.4, 0.5) is 0 Å². The Morgan fingerprint density at radius 2 is 2.00 bits per heavy atom. The van der Waals surface area contributed by atoms with Crippen LogP contribution in [0.3, 0.4) is 0 Å². The molecule has 0 radical (unpaired) electrons. The molecule has 0 saturated heterocycles. The molecule has 3 nitrogen and oxygen atoms in total. The van der Waals surface area contributed by atoms with Crippen molar-refractivity contribution in [2.45, 2.75) is 38.9 Å². The molecule has 0 aliphatic carbocycles. The Bertz CT molecular complexity index is 85.8. The smallest absolute Gasteiger partial charge is 0.0853 e. The van der Waals surface area contributed by atoms with Crippen LogP contribution in [0.15, 0.2) is 0 Å². The fourth-order valence-corrected chi connectivity index (χ4v) is 0.967. The van der Waals surface area contributed by atoms with Gasteiger partial charge in [-0.3, -0.25) is 0 Å². The van der Waals surface area contributed by atoms with Gasteiger partial charge < -0.3 is 14.6 Å². The van der Waals surface area contributed by atoms with Gasteiger partial charge in [0.25, 0.3) is 0 Å². The van der Waals surface area contributed by atoms with E-state index < -0.39 is 6.10 Å². The van der Waals surface area contributed by atoms with Crippen molar-refractivity contribution in [3.05, 3.63) is 0 Å². The second kappa shape index (κ2) is 7.53. The van der Waals surface area contributed by atoms with Gasteiger partial charge >= 0.3 is 0 Å². The number of aliphatic hydroxyl groups is 1. The lowest BCUT2D eigenvalue weighted by Crippen LogP contribution is -2.28. The molecule has 3 heteroatoms. The molecule has 0 heterocycles. The summed E-state index contributed by atoms with van der Waals surface area (Å²) in [5.74, 6) is 0. The van der Waals surface area contributed by atoms with Crippen LogP contribution < -0.4 is 0 Å². The molecule has 0 spiro atoms.